The zero-order chi connectivity index (χ0) is 7.56. The first-order chi connectivity index (χ1) is 4.70. The first-order valence-electron chi connectivity index (χ1n) is 2.60. The second-order valence-corrected chi connectivity index (χ2v) is 1.76. The number of nitrogens with zero attached hydrogens (tertiary/aromatic N) is 1. The van der Waals surface area contributed by atoms with Gasteiger partial charge >= 0.3 is 0 Å². The van der Waals surface area contributed by atoms with Crippen molar-refractivity contribution >= 4 is 5.91 Å². The SMILES string of the molecule is NC(=O)c1cncc(F)c1. The average molecular weight is 140 g/mol. The van der Waals surface area contributed by atoms with Crippen molar-refractivity contribution in [2.75, 3.05) is 0 Å². The van der Waals surface area contributed by atoms with Crippen LogP contribution in [0.1, 0.15) is 10.4 Å². The van der Waals surface area contributed by atoms with Crippen LogP contribution in [0, 0.1) is 5.82 Å². The fraction of sp³-hybridized carbons (Fsp3) is 0. The molecule has 2 N–H and O–H groups in total. The molecule has 0 spiro atoms. The lowest BCUT2D eigenvalue weighted by Gasteiger charge is -1.91. The standard InChI is InChI=1S/C6H5FN2O/c7-5-1-4(6(8)10)2-9-3-5/h1-3H,(H2,8,10). The summed E-state index contributed by atoms with van der Waals surface area (Å²) in [4.78, 5) is 13.8. The molecule has 0 unspecified atom stereocenters. The largest absolute Gasteiger partial charge is 0.366 e. The van der Waals surface area contributed by atoms with Crippen molar-refractivity contribution in [3.63, 3.8) is 0 Å². The van der Waals surface area contributed by atoms with Crippen LogP contribution in [0.3, 0.4) is 0 Å². The van der Waals surface area contributed by atoms with Crippen molar-refractivity contribution in [3.8, 4) is 0 Å². The van der Waals surface area contributed by atoms with Crippen molar-refractivity contribution < 1.29 is 9.18 Å². The molecule has 0 atom stereocenters. The number of amides is 1. The molecule has 10 heavy (non-hydrogen) atoms. The monoisotopic (exact) mass is 140 g/mol. The van der Waals surface area contributed by atoms with E-state index in [1.807, 2.05) is 0 Å². The highest BCUT2D eigenvalue weighted by atomic mass is 19.1. The van der Waals surface area contributed by atoms with Gasteiger partial charge in [0.05, 0.1) is 11.8 Å². The minimum atomic E-state index is -0.674. The molecule has 1 aromatic heterocycles. The number of carbonyl (C=O) groups is 1. The van der Waals surface area contributed by atoms with Gasteiger partial charge in [0.25, 0.3) is 0 Å². The molecule has 0 fully saturated rings. The Bertz CT molecular complexity index is 262. The van der Waals surface area contributed by atoms with Gasteiger partial charge in [0.15, 0.2) is 0 Å². The lowest BCUT2D eigenvalue weighted by atomic mass is 10.3. The smallest absolute Gasteiger partial charge is 0.250 e. The molecular weight excluding hydrogens is 135 g/mol. The van der Waals surface area contributed by atoms with Crippen molar-refractivity contribution in [2.24, 2.45) is 5.73 Å². The first-order valence-corrected chi connectivity index (χ1v) is 2.60. The number of hydrogen-bond acceptors (Lipinski definition) is 2. The predicted molar refractivity (Wildman–Crippen MR) is 32.7 cm³/mol. The maximum absolute atomic E-state index is 12.3. The van der Waals surface area contributed by atoms with E-state index in [0.29, 0.717) is 0 Å². The Morgan fingerprint density at radius 2 is 2.30 bits per heavy atom. The molecule has 0 bridgehead atoms. The van der Waals surface area contributed by atoms with Crippen LogP contribution in [0.5, 0.6) is 0 Å². The molecule has 1 heterocycles. The Hall–Kier alpha value is -1.45. The highest BCUT2D eigenvalue weighted by Gasteiger charge is 1.99. The van der Waals surface area contributed by atoms with E-state index in [-0.39, 0.29) is 5.56 Å². The first kappa shape index (κ1) is 6.67. The van der Waals surface area contributed by atoms with E-state index in [1.165, 1.54) is 6.20 Å². The highest BCUT2D eigenvalue weighted by molar-refractivity contribution is 5.92. The van der Waals surface area contributed by atoms with Gasteiger partial charge in [0.1, 0.15) is 5.82 Å². The van der Waals surface area contributed by atoms with Crippen molar-refractivity contribution in [3.05, 3.63) is 29.8 Å². The summed E-state index contributed by atoms with van der Waals surface area (Å²) in [5, 5.41) is 0. The van der Waals surface area contributed by atoms with Crippen LogP contribution in [0.25, 0.3) is 0 Å². The Balaban J connectivity index is 3.07. The fourth-order valence-corrected chi connectivity index (χ4v) is 0.547. The number of pyridine rings is 1. The van der Waals surface area contributed by atoms with Crippen LogP contribution in [-0.2, 0) is 0 Å². The number of primary amides is 1. The van der Waals surface area contributed by atoms with Gasteiger partial charge in [-0.1, -0.05) is 0 Å². The summed E-state index contributed by atoms with van der Waals surface area (Å²) >= 11 is 0. The van der Waals surface area contributed by atoms with Crippen LogP contribution in [0.15, 0.2) is 18.5 Å². The number of halogens is 1. The summed E-state index contributed by atoms with van der Waals surface area (Å²) in [6.07, 6.45) is 2.22. The zero-order valence-corrected chi connectivity index (χ0v) is 5.04. The third-order valence-electron chi connectivity index (χ3n) is 0.989. The molecule has 52 valence electrons. The van der Waals surface area contributed by atoms with Gasteiger partial charge in [-0.25, -0.2) is 4.39 Å². The Labute approximate surface area is 56.7 Å². The van der Waals surface area contributed by atoms with Gasteiger partial charge in [-0.2, -0.15) is 0 Å². The molecule has 1 rings (SSSR count). The molecule has 1 amide bonds. The van der Waals surface area contributed by atoms with Crippen LogP contribution >= 0.6 is 0 Å². The summed E-state index contributed by atoms with van der Waals surface area (Å²) < 4.78 is 12.3. The Morgan fingerprint density at radius 3 is 2.70 bits per heavy atom. The van der Waals surface area contributed by atoms with Crippen LogP contribution in [-0.4, -0.2) is 10.9 Å². The quantitative estimate of drug-likeness (QED) is 0.610. The minimum Gasteiger partial charge on any atom is -0.366 e. The molecule has 0 aliphatic rings. The third-order valence-corrected chi connectivity index (χ3v) is 0.989. The molecule has 0 saturated heterocycles. The summed E-state index contributed by atoms with van der Waals surface area (Å²) in [6, 6.07) is 1.04. The molecule has 1 aromatic rings. The van der Waals surface area contributed by atoms with E-state index >= 15 is 0 Å². The Kier molecular flexibility index (Phi) is 1.62. The van der Waals surface area contributed by atoms with Crippen LogP contribution in [0.2, 0.25) is 0 Å². The normalized spacial score (nSPS) is 9.30. The van der Waals surface area contributed by atoms with Crippen molar-refractivity contribution in [2.45, 2.75) is 0 Å². The molecule has 0 aliphatic heterocycles. The molecule has 0 radical (unpaired) electrons. The summed E-state index contributed by atoms with van der Waals surface area (Å²) in [5.74, 6) is -1.23. The van der Waals surface area contributed by atoms with Gasteiger partial charge in [-0.05, 0) is 6.07 Å². The van der Waals surface area contributed by atoms with Crippen LogP contribution in [0.4, 0.5) is 4.39 Å². The van der Waals surface area contributed by atoms with Gasteiger partial charge in [0, 0.05) is 6.20 Å². The van der Waals surface area contributed by atoms with Gasteiger partial charge < -0.3 is 5.73 Å². The van der Waals surface area contributed by atoms with Gasteiger partial charge in [-0.15, -0.1) is 0 Å². The van der Waals surface area contributed by atoms with E-state index in [2.05, 4.69) is 4.98 Å². The highest BCUT2D eigenvalue weighted by Crippen LogP contribution is 1.98. The number of nitrogens with two attached hydrogens (primary N) is 1. The van der Waals surface area contributed by atoms with Gasteiger partial charge in [0.2, 0.25) is 5.91 Å². The van der Waals surface area contributed by atoms with Crippen LogP contribution < -0.4 is 5.73 Å². The second-order valence-electron chi connectivity index (χ2n) is 1.76. The van der Waals surface area contributed by atoms with E-state index in [0.717, 1.165) is 12.3 Å². The lowest BCUT2D eigenvalue weighted by Crippen LogP contribution is -2.11. The number of carbonyl (C=O) groups excluding carboxylic acids is 1. The van der Waals surface area contributed by atoms with E-state index < -0.39 is 11.7 Å². The fourth-order valence-electron chi connectivity index (χ4n) is 0.547. The number of rotatable bonds is 1. The van der Waals surface area contributed by atoms with E-state index in [4.69, 9.17) is 5.73 Å². The maximum Gasteiger partial charge on any atom is 0.250 e. The summed E-state index contributed by atoms with van der Waals surface area (Å²) in [5.41, 5.74) is 4.92. The Morgan fingerprint density at radius 1 is 1.60 bits per heavy atom. The zero-order valence-electron chi connectivity index (χ0n) is 5.04. The van der Waals surface area contributed by atoms with E-state index in [1.54, 1.807) is 0 Å². The second kappa shape index (κ2) is 2.43. The number of hydrogen-bond donors (Lipinski definition) is 1. The average Bonchev–Trinajstić information content (AvgIpc) is 1.88. The summed E-state index contributed by atoms with van der Waals surface area (Å²) in [6.45, 7) is 0. The molecular formula is C6H5FN2O. The van der Waals surface area contributed by atoms with Crippen molar-refractivity contribution in [1.29, 1.82) is 0 Å². The van der Waals surface area contributed by atoms with E-state index in [9.17, 15) is 9.18 Å². The van der Waals surface area contributed by atoms with Crippen molar-refractivity contribution in [1.82, 2.24) is 4.98 Å². The topological polar surface area (TPSA) is 56.0 Å². The summed E-state index contributed by atoms with van der Waals surface area (Å²) in [7, 11) is 0. The van der Waals surface area contributed by atoms with Gasteiger partial charge in [-0.3, -0.25) is 9.78 Å². The predicted octanol–water partition coefficient (Wildman–Crippen LogP) is 0.320. The molecule has 3 nitrogen and oxygen atoms in total. The molecule has 4 heteroatoms. The third kappa shape index (κ3) is 1.28. The minimum absolute atomic E-state index is 0.0833. The lowest BCUT2D eigenvalue weighted by molar-refractivity contribution is 0.0999. The molecule has 0 aromatic carbocycles. The molecule has 0 aliphatic carbocycles. The maximum atomic E-state index is 12.3. The molecule has 0 saturated carbocycles. The number of aromatic nitrogens is 1.